The van der Waals surface area contributed by atoms with E-state index in [1.54, 1.807) is 13.0 Å². The summed E-state index contributed by atoms with van der Waals surface area (Å²) in [6.07, 6.45) is 1.38. The number of nitrogen functional groups attached to an aromatic ring is 1. The van der Waals surface area contributed by atoms with Crippen molar-refractivity contribution in [2.45, 2.75) is 6.92 Å². The molecule has 0 saturated heterocycles. The summed E-state index contributed by atoms with van der Waals surface area (Å²) in [5.74, 6) is -1.25. The summed E-state index contributed by atoms with van der Waals surface area (Å²) < 4.78 is 27.0. The Morgan fingerprint density at radius 1 is 1.19 bits per heavy atom. The van der Waals surface area contributed by atoms with Gasteiger partial charge in [-0.25, -0.2) is 8.78 Å². The lowest BCUT2D eigenvalue weighted by Crippen LogP contribution is -1.97. The van der Waals surface area contributed by atoms with Gasteiger partial charge in [-0.3, -0.25) is 4.98 Å². The highest BCUT2D eigenvalue weighted by atomic mass is 19.1. The Labute approximate surface area is 91.7 Å². The number of benzene rings is 1. The van der Waals surface area contributed by atoms with Crippen molar-refractivity contribution in [3.8, 4) is 11.3 Å². The molecule has 0 radical (unpaired) electrons. The molecule has 4 heteroatoms. The van der Waals surface area contributed by atoms with E-state index in [4.69, 9.17) is 5.73 Å². The van der Waals surface area contributed by atoms with E-state index in [2.05, 4.69) is 4.98 Å². The molecule has 0 fully saturated rings. The first-order valence-electron chi connectivity index (χ1n) is 4.76. The van der Waals surface area contributed by atoms with Gasteiger partial charge in [-0.2, -0.15) is 0 Å². The van der Waals surface area contributed by atoms with E-state index < -0.39 is 11.6 Å². The van der Waals surface area contributed by atoms with Crippen LogP contribution in [0.25, 0.3) is 11.3 Å². The summed E-state index contributed by atoms with van der Waals surface area (Å²) in [6, 6.07) is 5.36. The number of rotatable bonds is 1. The van der Waals surface area contributed by atoms with E-state index in [1.807, 2.05) is 0 Å². The van der Waals surface area contributed by atoms with Gasteiger partial charge in [0.1, 0.15) is 11.6 Å². The SMILES string of the molecule is Cc1cc(N)cnc1-c1c(F)cccc1F. The zero-order valence-corrected chi connectivity index (χ0v) is 8.67. The lowest BCUT2D eigenvalue weighted by Gasteiger charge is -2.07. The van der Waals surface area contributed by atoms with Crippen LogP contribution in [0.3, 0.4) is 0 Å². The van der Waals surface area contributed by atoms with E-state index >= 15 is 0 Å². The topological polar surface area (TPSA) is 38.9 Å². The number of hydrogen-bond acceptors (Lipinski definition) is 2. The second-order valence-corrected chi connectivity index (χ2v) is 3.53. The Bertz CT molecular complexity index is 518. The second-order valence-electron chi connectivity index (χ2n) is 3.53. The molecule has 0 aliphatic rings. The molecule has 82 valence electrons. The average molecular weight is 220 g/mol. The van der Waals surface area contributed by atoms with Crippen LogP contribution in [0, 0.1) is 18.6 Å². The first-order chi connectivity index (χ1) is 7.59. The molecule has 2 aromatic rings. The van der Waals surface area contributed by atoms with Crippen LogP contribution in [0.2, 0.25) is 0 Å². The molecule has 2 N–H and O–H groups in total. The van der Waals surface area contributed by atoms with Gasteiger partial charge in [0, 0.05) is 0 Å². The number of halogens is 2. The number of hydrogen-bond donors (Lipinski definition) is 1. The molecule has 1 heterocycles. The Morgan fingerprint density at radius 3 is 2.38 bits per heavy atom. The Kier molecular flexibility index (Phi) is 2.56. The standard InChI is InChI=1S/C12H10F2N2/c1-7-5-8(15)6-16-12(7)11-9(13)3-2-4-10(11)14/h2-6H,15H2,1H3. The van der Waals surface area contributed by atoms with Gasteiger partial charge >= 0.3 is 0 Å². The van der Waals surface area contributed by atoms with Crippen LogP contribution < -0.4 is 5.73 Å². The molecule has 0 saturated carbocycles. The lowest BCUT2D eigenvalue weighted by atomic mass is 10.1. The molecule has 1 aromatic heterocycles. The molecule has 0 bridgehead atoms. The molecule has 16 heavy (non-hydrogen) atoms. The van der Waals surface area contributed by atoms with Gasteiger partial charge in [0.15, 0.2) is 0 Å². The summed E-state index contributed by atoms with van der Waals surface area (Å²) in [6.45, 7) is 1.71. The summed E-state index contributed by atoms with van der Waals surface area (Å²) in [5.41, 5.74) is 6.82. The molecule has 2 rings (SSSR count). The Hall–Kier alpha value is -1.97. The van der Waals surface area contributed by atoms with Crippen molar-refractivity contribution in [1.82, 2.24) is 4.98 Å². The predicted molar refractivity (Wildman–Crippen MR) is 58.7 cm³/mol. The van der Waals surface area contributed by atoms with Crippen LogP contribution in [-0.4, -0.2) is 4.98 Å². The predicted octanol–water partition coefficient (Wildman–Crippen LogP) is 2.92. The summed E-state index contributed by atoms with van der Waals surface area (Å²) in [5, 5.41) is 0. The second kappa shape index (κ2) is 3.89. The minimum absolute atomic E-state index is 0.111. The van der Waals surface area contributed by atoms with E-state index in [1.165, 1.54) is 24.4 Å². The molecule has 0 spiro atoms. The van der Waals surface area contributed by atoms with Gasteiger partial charge in [0.2, 0.25) is 0 Å². The number of nitrogens with two attached hydrogens (primary N) is 1. The largest absolute Gasteiger partial charge is 0.397 e. The van der Waals surface area contributed by atoms with E-state index in [-0.39, 0.29) is 11.3 Å². The molecule has 1 aromatic carbocycles. The van der Waals surface area contributed by atoms with Crippen LogP contribution in [0.15, 0.2) is 30.5 Å². The smallest absolute Gasteiger partial charge is 0.135 e. The third-order valence-corrected chi connectivity index (χ3v) is 2.30. The van der Waals surface area contributed by atoms with Gasteiger partial charge in [0.05, 0.1) is 23.1 Å². The van der Waals surface area contributed by atoms with Crippen molar-refractivity contribution in [3.05, 3.63) is 47.7 Å². The van der Waals surface area contributed by atoms with E-state index in [0.29, 0.717) is 11.3 Å². The van der Waals surface area contributed by atoms with Gasteiger partial charge in [0.25, 0.3) is 0 Å². The van der Waals surface area contributed by atoms with Crippen LogP contribution >= 0.6 is 0 Å². The minimum Gasteiger partial charge on any atom is -0.397 e. The highest BCUT2D eigenvalue weighted by molar-refractivity contribution is 5.65. The van der Waals surface area contributed by atoms with Crippen molar-refractivity contribution >= 4 is 5.69 Å². The number of aryl methyl sites for hydroxylation is 1. The fourth-order valence-corrected chi connectivity index (χ4v) is 1.58. The summed E-state index contributed by atoms with van der Waals surface area (Å²) in [4.78, 5) is 3.96. The van der Waals surface area contributed by atoms with Crippen LogP contribution in [0.1, 0.15) is 5.56 Å². The Balaban J connectivity index is 2.68. The quantitative estimate of drug-likeness (QED) is 0.802. The van der Waals surface area contributed by atoms with Gasteiger partial charge in [-0.15, -0.1) is 0 Å². The molecular formula is C12H10F2N2. The monoisotopic (exact) mass is 220 g/mol. The lowest BCUT2D eigenvalue weighted by molar-refractivity contribution is 0.588. The highest BCUT2D eigenvalue weighted by Gasteiger charge is 2.14. The summed E-state index contributed by atoms with van der Waals surface area (Å²) in [7, 11) is 0. The first-order valence-corrected chi connectivity index (χ1v) is 4.76. The maximum absolute atomic E-state index is 13.5. The van der Waals surface area contributed by atoms with Crippen LogP contribution in [-0.2, 0) is 0 Å². The highest BCUT2D eigenvalue weighted by Crippen LogP contribution is 2.27. The molecule has 0 aliphatic heterocycles. The van der Waals surface area contributed by atoms with Crippen molar-refractivity contribution in [2.75, 3.05) is 5.73 Å². The number of anilines is 1. The van der Waals surface area contributed by atoms with Gasteiger partial charge in [-0.05, 0) is 30.7 Å². The zero-order valence-electron chi connectivity index (χ0n) is 8.67. The Morgan fingerprint density at radius 2 is 1.81 bits per heavy atom. The van der Waals surface area contributed by atoms with E-state index in [9.17, 15) is 8.78 Å². The molecule has 0 amide bonds. The minimum atomic E-state index is -0.625. The fraction of sp³-hybridized carbons (Fsp3) is 0.0833. The average Bonchev–Trinajstić information content (AvgIpc) is 2.20. The van der Waals surface area contributed by atoms with Gasteiger partial charge < -0.3 is 5.73 Å². The number of pyridine rings is 1. The fourth-order valence-electron chi connectivity index (χ4n) is 1.58. The first kappa shape index (κ1) is 10.5. The zero-order chi connectivity index (χ0) is 11.7. The molecule has 0 unspecified atom stereocenters. The number of aromatic nitrogens is 1. The maximum Gasteiger partial charge on any atom is 0.135 e. The van der Waals surface area contributed by atoms with Gasteiger partial charge in [-0.1, -0.05) is 6.07 Å². The maximum atomic E-state index is 13.5. The third-order valence-electron chi connectivity index (χ3n) is 2.30. The molecule has 2 nitrogen and oxygen atoms in total. The van der Waals surface area contributed by atoms with Crippen molar-refractivity contribution < 1.29 is 8.78 Å². The van der Waals surface area contributed by atoms with Crippen molar-refractivity contribution in [3.63, 3.8) is 0 Å². The molecule has 0 atom stereocenters. The molecular weight excluding hydrogens is 210 g/mol. The third kappa shape index (κ3) is 1.74. The van der Waals surface area contributed by atoms with Crippen LogP contribution in [0.5, 0.6) is 0 Å². The summed E-state index contributed by atoms with van der Waals surface area (Å²) >= 11 is 0. The van der Waals surface area contributed by atoms with E-state index in [0.717, 1.165) is 0 Å². The van der Waals surface area contributed by atoms with Crippen LogP contribution in [0.4, 0.5) is 14.5 Å². The van der Waals surface area contributed by atoms with Crippen molar-refractivity contribution in [1.29, 1.82) is 0 Å². The molecule has 0 aliphatic carbocycles. The normalized spacial score (nSPS) is 10.4. The van der Waals surface area contributed by atoms with Crippen molar-refractivity contribution in [2.24, 2.45) is 0 Å². The number of nitrogens with zero attached hydrogens (tertiary/aromatic N) is 1.